The molecule has 3 N–H and O–H groups in total. The van der Waals surface area contributed by atoms with Crippen LogP contribution < -0.4 is 11.1 Å². The average molecular weight is 632 g/mol. The zero-order chi connectivity index (χ0) is 31.4. The minimum Gasteiger partial charge on any atom is -0.346 e. The van der Waals surface area contributed by atoms with Gasteiger partial charge < -0.3 is 11.1 Å². The molecule has 1 saturated carbocycles. The SMILES string of the molecule is CC1=Nc2cc(CCC(=O)[C@H](C)NC(=O)[C@@H]3CC[C@@H](c4ccccc4)C3)cc(Cl)c2C1.CC1=Nc2cc(CN)cc(Cl)c2C1. The fraction of sp³-hybridized carbons (Fsp3) is 0.389. The van der Waals surface area contributed by atoms with E-state index in [4.69, 9.17) is 28.9 Å². The number of aryl methyl sites for hydroxylation is 1. The Morgan fingerprint density at radius 3 is 2.11 bits per heavy atom. The monoisotopic (exact) mass is 630 g/mol. The van der Waals surface area contributed by atoms with Gasteiger partial charge in [-0.05, 0) is 93.3 Å². The number of carbonyl (C=O) groups excluding carboxylic acids is 2. The molecule has 6 nitrogen and oxygen atoms in total. The first-order valence-corrected chi connectivity index (χ1v) is 16.2. The Labute approximate surface area is 270 Å². The van der Waals surface area contributed by atoms with E-state index in [0.29, 0.717) is 25.3 Å². The van der Waals surface area contributed by atoms with Crippen molar-refractivity contribution in [3.63, 3.8) is 0 Å². The topological polar surface area (TPSA) is 96.9 Å². The number of benzene rings is 3. The Kier molecular flexibility index (Phi) is 10.3. The quantitative estimate of drug-likeness (QED) is 0.264. The Bertz CT molecular complexity index is 1620. The molecule has 0 bridgehead atoms. The lowest BCUT2D eigenvalue weighted by Gasteiger charge is -2.17. The minimum absolute atomic E-state index is 0.00432. The maximum absolute atomic E-state index is 12.7. The van der Waals surface area contributed by atoms with Crippen LogP contribution in [-0.2, 0) is 35.4 Å². The minimum atomic E-state index is -0.478. The number of hydrogen-bond acceptors (Lipinski definition) is 5. The molecule has 0 radical (unpaired) electrons. The van der Waals surface area contributed by atoms with Gasteiger partial charge >= 0.3 is 0 Å². The summed E-state index contributed by atoms with van der Waals surface area (Å²) in [5.41, 5.74) is 15.2. The van der Waals surface area contributed by atoms with E-state index in [-0.39, 0.29) is 17.6 Å². The first-order valence-electron chi connectivity index (χ1n) is 15.4. The van der Waals surface area contributed by atoms with Crippen molar-refractivity contribution in [1.29, 1.82) is 0 Å². The third-order valence-corrected chi connectivity index (χ3v) is 9.44. The highest BCUT2D eigenvalue weighted by Crippen LogP contribution is 2.38. The molecule has 1 fully saturated rings. The van der Waals surface area contributed by atoms with Crippen molar-refractivity contribution in [2.75, 3.05) is 0 Å². The average Bonchev–Trinajstić information content (AvgIpc) is 3.74. The molecule has 44 heavy (non-hydrogen) atoms. The molecule has 8 heteroatoms. The number of hydrogen-bond donors (Lipinski definition) is 2. The van der Waals surface area contributed by atoms with Gasteiger partial charge in [-0.2, -0.15) is 0 Å². The summed E-state index contributed by atoms with van der Waals surface area (Å²) in [5, 5.41) is 4.46. The molecule has 230 valence electrons. The fourth-order valence-corrected chi connectivity index (χ4v) is 6.92. The van der Waals surface area contributed by atoms with E-state index in [0.717, 1.165) is 87.2 Å². The molecule has 3 aromatic rings. The highest BCUT2D eigenvalue weighted by molar-refractivity contribution is 6.32. The molecule has 1 aliphatic carbocycles. The number of Topliss-reactive ketones (excluding diaryl/α,β-unsaturated/α-hetero) is 1. The molecule has 3 aromatic carbocycles. The standard InChI is InChI=1S/C26H29ClN2O2.C10H11ClN2/c1-16-12-22-23(27)13-18(14-24(22)28-16)8-11-25(30)17(2)29-26(31)21-10-9-20(15-21)19-6-4-3-5-7-19;1-6-2-8-9(11)3-7(5-12)4-10(8)13-6/h3-7,13-14,17,20-21H,8-12,15H2,1-2H3,(H,29,31);3-4H,2,5,12H2,1H3/t17-,20+,21+;/m0./s1. The second-order valence-corrected chi connectivity index (χ2v) is 13.0. The van der Waals surface area contributed by atoms with Gasteiger partial charge in [0.2, 0.25) is 5.91 Å². The van der Waals surface area contributed by atoms with Crippen molar-refractivity contribution in [2.24, 2.45) is 21.6 Å². The summed E-state index contributed by atoms with van der Waals surface area (Å²) in [6, 6.07) is 17.8. The van der Waals surface area contributed by atoms with Crippen molar-refractivity contribution >= 4 is 57.7 Å². The molecular weight excluding hydrogens is 591 g/mol. The number of carbonyl (C=O) groups is 2. The van der Waals surface area contributed by atoms with Crippen LogP contribution in [0, 0.1) is 5.92 Å². The molecule has 2 aliphatic heterocycles. The van der Waals surface area contributed by atoms with E-state index in [1.54, 1.807) is 6.92 Å². The maximum Gasteiger partial charge on any atom is 0.223 e. The number of aliphatic imine (C=N–C) groups is 2. The first kappa shape index (κ1) is 32.1. The van der Waals surface area contributed by atoms with Gasteiger partial charge in [0.05, 0.1) is 17.4 Å². The largest absolute Gasteiger partial charge is 0.346 e. The lowest BCUT2D eigenvalue weighted by Crippen LogP contribution is -2.41. The Hall–Kier alpha value is -3.32. The van der Waals surface area contributed by atoms with Crippen LogP contribution in [0.15, 0.2) is 64.6 Å². The van der Waals surface area contributed by atoms with Crippen LogP contribution >= 0.6 is 23.2 Å². The summed E-state index contributed by atoms with van der Waals surface area (Å²) in [6.07, 6.45) is 5.38. The zero-order valence-corrected chi connectivity index (χ0v) is 27.1. The zero-order valence-electron chi connectivity index (χ0n) is 25.6. The number of nitrogens with two attached hydrogens (primary N) is 1. The third-order valence-electron chi connectivity index (χ3n) is 8.76. The van der Waals surface area contributed by atoms with Gasteiger partial charge in [-0.25, -0.2) is 0 Å². The van der Waals surface area contributed by atoms with Crippen LogP contribution in [0.4, 0.5) is 11.4 Å². The number of halogens is 2. The summed E-state index contributed by atoms with van der Waals surface area (Å²) in [4.78, 5) is 34.3. The van der Waals surface area contributed by atoms with Gasteiger partial charge in [0, 0.05) is 64.3 Å². The molecule has 1 amide bonds. The number of fused-ring (bicyclic) bond motifs is 2. The number of ketones is 1. The van der Waals surface area contributed by atoms with Gasteiger partial charge in [0.15, 0.2) is 5.78 Å². The molecule has 6 rings (SSSR count). The number of nitrogens with zero attached hydrogens (tertiary/aromatic N) is 2. The van der Waals surface area contributed by atoms with Gasteiger partial charge in [-0.1, -0.05) is 53.5 Å². The van der Waals surface area contributed by atoms with Crippen LogP contribution in [0.3, 0.4) is 0 Å². The molecule has 0 saturated heterocycles. The van der Waals surface area contributed by atoms with E-state index >= 15 is 0 Å². The van der Waals surface area contributed by atoms with E-state index in [1.807, 2.05) is 56.3 Å². The molecular formula is C36H40Cl2N4O2. The molecule has 0 unspecified atom stereocenters. The predicted octanol–water partition coefficient (Wildman–Crippen LogP) is 8.03. The third kappa shape index (κ3) is 7.66. The molecule has 2 heterocycles. The normalized spacial score (nSPS) is 18.9. The van der Waals surface area contributed by atoms with Crippen molar-refractivity contribution in [2.45, 2.75) is 84.2 Å². The number of nitrogens with one attached hydrogen (secondary N) is 1. The van der Waals surface area contributed by atoms with Gasteiger partial charge in [0.25, 0.3) is 0 Å². The van der Waals surface area contributed by atoms with Crippen molar-refractivity contribution < 1.29 is 9.59 Å². The predicted molar refractivity (Wildman–Crippen MR) is 181 cm³/mol. The van der Waals surface area contributed by atoms with Crippen molar-refractivity contribution in [3.8, 4) is 0 Å². The summed E-state index contributed by atoms with van der Waals surface area (Å²) in [7, 11) is 0. The lowest BCUT2D eigenvalue weighted by molar-refractivity contribution is -0.129. The van der Waals surface area contributed by atoms with Crippen LogP contribution in [0.5, 0.6) is 0 Å². The van der Waals surface area contributed by atoms with Crippen LogP contribution in [0.1, 0.15) is 80.2 Å². The van der Waals surface area contributed by atoms with Crippen LogP contribution in [-0.4, -0.2) is 29.2 Å². The highest BCUT2D eigenvalue weighted by atomic mass is 35.5. The summed E-state index contributed by atoms with van der Waals surface area (Å²) in [5.74, 6) is 0.461. The van der Waals surface area contributed by atoms with E-state index in [9.17, 15) is 9.59 Å². The second kappa shape index (κ2) is 14.2. The lowest BCUT2D eigenvalue weighted by atomic mass is 9.96. The Morgan fingerprint density at radius 2 is 1.50 bits per heavy atom. The van der Waals surface area contributed by atoms with E-state index < -0.39 is 6.04 Å². The van der Waals surface area contributed by atoms with Crippen LogP contribution in [0.2, 0.25) is 10.0 Å². The summed E-state index contributed by atoms with van der Waals surface area (Å²) < 4.78 is 0. The Balaban J connectivity index is 0.000000245. The summed E-state index contributed by atoms with van der Waals surface area (Å²) >= 11 is 12.5. The number of amides is 1. The first-order chi connectivity index (χ1) is 21.1. The Morgan fingerprint density at radius 1 is 0.909 bits per heavy atom. The van der Waals surface area contributed by atoms with Gasteiger partial charge in [0.1, 0.15) is 0 Å². The number of rotatable bonds is 8. The summed E-state index contributed by atoms with van der Waals surface area (Å²) in [6.45, 7) is 6.31. The van der Waals surface area contributed by atoms with Crippen molar-refractivity contribution in [1.82, 2.24) is 5.32 Å². The van der Waals surface area contributed by atoms with Gasteiger partial charge in [-0.15, -0.1) is 0 Å². The molecule has 3 atom stereocenters. The highest BCUT2D eigenvalue weighted by Gasteiger charge is 2.32. The fourth-order valence-electron chi connectivity index (χ4n) is 6.31. The molecule has 3 aliphatic rings. The maximum atomic E-state index is 12.7. The van der Waals surface area contributed by atoms with E-state index in [2.05, 4.69) is 27.4 Å². The van der Waals surface area contributed by atoms with E-state index in [1.165, 1.54) is 5.56 Å². The van der Waals surface area contributed by atoms with Crippen LogP contribution in [0.25, 0.3) is 0 Å². The smallest absolute Gasteiger partial charge is 0.223 e. The second-order valence-electron chi connectivity index (χ2n) is 12.2. The van der Waals surface area contributed by atoms with Crippen molar-refractivity contribution in [3.05, 3.63) is 92.5 Å². The molecule has 0 aromatic heterocycles. The molecule has 0 spiro atoms. The van der Waals surface area contributed by atoms with Gasteiger partial charge in [-0.3, -0.25) is 19.6 Å².